The van der Waals surface area contributed by atoms with Crippen LogP contribution in [0.3, 0.4) is 0 Å². The maximum absolute atomic E-state index is 12.1. The first-order valence-electron chi connectivity index (χ1n) is 6.48. The van der Waals surface area contributed by atoms with E-state index in [0.29, 0.717) is 23.6 Å². The molecule has 21 heavy (non-hydrogen) atoms. The van der Waals surface area contributed by atoms with Crippen molar-refractivity contribution < 1.29 is 14.3 Å². The maximum Gasteiger partial charge on any atom is 0.251 e. The first kappa shape index (κ1) is 15.3. The van der Waals surface area contributed by atoms with Gasteiger partial charge in [0.05, 0.1) is 26.5 Å². The molecule has 0 aliphatic carbocycles. The van der Waals surface area contributed by atoms with Crippen molar-refractivity contribution in [3.8, 4) is 11.5 Å². The van der Waals surface area contributed by atoms with E-state index in [4.69, 9.17) is 9.47 Å². The molecule has 1 heterocycles. The molecular weight excluding hydrogens is 288 g/mol. The standard InChI is InChI=1S/C15H18N2O3S/c1-9-10(2)21-14(17-9)8-16-15(18)11-5-6-12(19-3)13(7-11)20-4/h5-7H,8H2,1-4H3,(H,16,18). The predicted molar refractivity (Wildman–Crippen MR) is 82.3 cm³/mol. The van der Waals surface area contributed by atoms with Gasteiger partial charge < -0.3 is 14.8 Å². The summed E-state index contributed by atoms with van der Waals surface area (Å²) in [5, 5.41) is 3.76. The van der Waals surface area contributed by atoms with Gasteiger partial charge in [-0.25, -0.2) is 4.98 Å². The molecule has 0 atom stereocenters. The number of amides is 1. The molecule has 2 rings (SSSR count). The monoisotopic (exact) mass is 306 g/mol. The van der Waals surface area contributed by atoms with Crippen molar-refractivity contribution in [1.29, 1.82) is 0 Å². The Bertz CT molecular complexity index is 633. The number of hydrogen-bond acceptors (Lipinski definition) is 5. The highest BCUT2D eigenvalue weighted by atomic mass is 32.1. The van der Waals surface area contributed by atoms with Crippen molar-refractivity contribution in [2.24, 2.45) is 0 Å². The number of ether oxygens (including phenoxy) is 2. The fraction of sp³-hybridized carbons (Fsp3) is 0.333. The number of benzene rings is 1. The molecule has 0 spiro atoms. The van der Waals surface area contributed by atoms with Crippen molar-refractivity contribution in [1.82, 2.24) is 10.3 Å². The summed E-state index contributed by atoms with van der Waals surface area (Å²) in [5.74, 6) is 0.966. The largest absolute Gasteiger partial charge is 0.493 e. The van der Waals surface area contributed by atoms with Gasteiger partial charge in [-0.15, -0.1) is 11.3 Å². The second-order valence-electron chi connectivity index (χ2n) is 4.50. The van der Waals surface area contributed by atoms with Gasteiger partial charge in [0.1, 0.15) is 5.01 Å². The van der Waals surface area contributed by atoms with E-state index < -0.39 is 0 Å². The Kier molecular flexibility index (Phi) is 4.80. The lowest BCUT2D eigenvalue weighted by molar-refractivity contribution is 0.0950. The van der Waals surface area contributed by atoms with E-state index >= 15 is 0 Å². The third-order valence-electron chi connectivity index (χ3n) is 3.12. The molecule has 0 radical (unpaired) electrons. The molecule has 1 aromatic carbocycles. The fourth-order valence-electron chi connectivity index (χ4n) is 1.85. The molecule has 0 unspecified atom stereocenters. The SMILES string of the molecule is COc1ccc(C(=O)NCc2nc(C)c(C)s2)cc1OC. The number of nitrogens with zero attached hydrogens (tertiary/aromatic N) is 1. The van der Waals surface area contributed by atoms with Crippen molar-refractivity contribution in [2.75, 3.05) is 14.2 Å². The van der Waals surface area contributed by atoms with Crippen LogP contribution in [0.1, 0.15) is 25.9 Å². The zero-order chi connectivity index (χ0) is 15.4. The van der Waals surface area contributed by atoms with Crippen LogP contribution in [0.4, 0.5) is 0 Å². The minimum absolute atomic E-state index is 0.165. The minimum Gasteiger partial charge on any atom is -0.493 e. The summed E-state index contributed by atoms with van der Waals surface area (Å²) in [4.78, 5) is 17.7. The molecule has 5 nitrogen and oxygen atoms in total. The van der Waals surface area contributed by atoms with Crippen molar-refractivity contribution >= 4 is 17.2 Å². The van der Waals surface area contributed by atoms with Gasteiger partial charge in [0.2, 0.25) is 0 Å². The van der Waals surface area contributed by atoms with Gasteiger partial charge in [0, 0.05) is 10.4 Å². The molecule has 112 valence electrons. The molecule has 0 fully saturated rings. The number of rotatable bonds is 5. The van der Waals surface area contributed by atoms with Gasteiger partial charge in [-0.2, -0.15) is 0 Å². The molecular formula is C15H18N2O3S. The molecule has 2 aromatic rings. The summed E-state index contributed by atoms with van der Waals surface area (Å²) in [6.07, 6.45) is 0. The Morgan fingerprint density at radius 2 is 1.95 bits per heavy atom. The highest BCUT2D eigenvalue weighted by Gasteiger charge is 2.11. The van der Waals surface area contributed by atoms with E-state index in [0.717, 1.165) is 10.7 Å². The Morgan fingerprint density at radius 1 is 1.24 bits per heavy atom. The second-order valence-corrected chi connectivity index (χ2v) is 5.79. The third kappa shape index (κ3) is 3.52. The van der Waals surface area contributed by atoms with Gasteiger partial charge >= 0.3 is 0 Å². The molecule has 1 amide bonds. The Morgan fingerprint density at radius 3 is 2.52 bits per heavy atom. The molecule has 0 aliphatic heterocycles. The first-order chi connectivity index (χ1) is 10.0. The average molecular weight is 306 g/mol. The maximum atomic E-state index is 12.1. The van der Waals surface area contributed by atoms with Crippen LogP contribution in [-0.2, 0) is 6.54 Å². The van der Waals surface area contributed by atoms with Gasteiger partial charge in [-0.3, -0.25) is 4.79 Å². The Labute approximate surface area is 127 Å². The summed E-state index contributed by atoms with van der Waals surface area (Å²) in [6.45, 7) is 4.41. The topological polar surface area (TPSA) is 60.5 Å². The van der Waals surface area contributed by atoms with E-state index in [9.17, 15) is 4.79 Å². The summed E-state index contributed by atoms with van der Waals surface area (Å²) >= 11 is 1.59. The number of aryl methyl sites for hydroxylation is 2. The number of hydrogen-bond donors (Lipinski definition) is 1. The van der Waals surface area contributed by atoms with Gasteiger partial charge in [-0.1, -0.05) is 0 Å². The zero-order valence-electron chi connectivity index (χ0n) is 12.5. The van der Waals surface area contributed by atoms with E-state index in [1.54, 1.807) is 43.8 Å². The van der Waals surface area contributed by atoms with E-state index in [-0.39, 0.29) is 5.91 Å². The summed E-state index contributed by atoms with van der Waals surface area (Å²) in [7, 11) is 3.10. The van der Waals surface area contributed by atoms with Crippen LogP contribution in [0.15, 0.2) is 18.2 Å². The lowest BCUT2D eigenvalue weighted by atomic mass is 10.2. The van der Waals surface area contributed by atoms with Crippen molar-refractivity contribution in [3.63, 3.8) is 0 Å². The molecule has 0 saturated heterocycles. The second kappa shape index (κ2) is 6.58. The quantitative estimate of drug-likeness (QED) is 0.922. The van der Waals surface area contributed by atoms with Crippen LogP contribution in [0.5, 0.6) is 11.5 Å². The average Bonchev–Trinajstić information content (AvgIpc) is 2.82. The molecule has 0 bridgehead atoms. The number of nitrogens with one attached hydrogen (secondary N) is 1. The van der Waals surface area contributed by atoms with Crippen LogP contribution >= 0.6 is 11.3 Å². The first-order valence-corrected chi connectivity index (χ1v) is 7.30. The third-order valence-corrected chi connectivity index (χ3v) is 4.19. The predicted octanol–water partition coefficient (Wildman–Crippen LogP) is 2.71. The summed E-state index contributed by atoms with van der Waals surface area (Å²) < 4.78 is 10.3. The van der Waals surface area contributed by atoms with Crippen molar-refractivity contribution in [2.45, 2.75) is 20.4 Å². The van der Waals surface area contributed by atoms with E-state index in [2.05, 4.69) is 10.3 Å². The minimum atomic E-state index is -0.165. The summed E-state index contributed by atoms with van der Waals surface area (Å²) in [6, 6.07) is 5.08. The van der Waals surface area contributed by atoms with Crippen molar-refractivity contribution in [3.05, 3.63) is 39.3 Å². The lowest BCUT2D eigenvalue weighted by Crippen LogP contribution is -2.22. The Balaban J connectivity index is 2.06. The zero-order valence-corrected chi connectivity index (χ0v) is 13.3. The number of carbonyl (C=O) groups excluding carboxylic acids is 1. The number of carbonyl (C=O) groups is 1. The highest BCUT2D eigenvalue weighted by molar-refractivity contribution is 7.11. The number of aromatic nitrogens is 1. The smallest absolute Gasteiger partial charge is 0.251 e. The molecule has 0 aliphatic rings. The fourth-order valence-corrected chi connectivity index (χ4v) is 2.72. The van der Waals surface area contributed by atoms with E-state index in [1.807, 2.05) is 13.8 Å². The Hall–Kier alpha value is -2.08. The van der Waals surface area contributed by atoms with Gasteiger partial charge in [0.15, 0.2) is 11.5 Å². The summed E-state index contributed by atoms with van der Waals surface area (Å²) in [5.41, 5.74) is 1.54. The van der Waals surface area contributed by atoms with Crippen LogP contribution in [0.2, 0.25) is 0 Å². The molecule has 6 heteroatoms. The van der Waals surface area contributed by atoms with Crippen LogP contribution in [-0.4, -0.2) is 25.1 Å². The van der Waals surface area contributed by atoms with E-state index in [1.165, 1.54) is 4.88 Å². The molecule has 1 N–H and O–H groups in total. The molecule has 0 saturated carbocycles. The van der Waals surface area contributed by atoms with Crippen LogP contribution in [0, 0.1) is 13.8 Å². The number of methoxy groups -OCH3 is 2. The van der Waals surface area contributed by atoms with Gasteiger partial charge in [-0.05, 0) is 32.0 Å². The van der Waals surface area contributed by atoms with Crippen LogP contribution < -0.4 is 14.8 Å². The number of thiazole rings is 1. The molecule has 1 aromatic heterocycles. The normalized spacial score (nSPS) is 10.3. The van der Waals surface area contributed by atoms with Gasteiger partial charge in [0.25, 0.3) is 5.91 Å². The lowest BCUT2D eigenvalue weighted by Gasteiger charge is -2.09. The highest BCUT2D eigenvalue weighted by Crippen LogP contribution is 2.27. The van der Waals surface area contributed by atoms with Crippen LogP contribution in [0.25, 0.3) is 0 Å².